The van der Waals surface area contributed by atoms with Gasteiger partial charge in [0.05, 0.1) is 27.3 Å². The summed E-state index contributed by atoms with van der Waals surface area (Å²) in [5, 5.41) is 8.56. The minimum absolute atomic E-state index is 0.908. The Morgan fingerprint density at radius 3 is 1.98 bits per heavy atom. The first-order chi connectivity index (χ1) is 27.8. The van der Waals surface area contributed by atoms with Gasteiger partial charge in [-0.2, -0.15) is 0 Å². The first-order valence-corrected chi connectivity index (χ1v) is 20.1. The Balaban J connectivity index is 1.07. The van der Waals surface area contributed by atoms with Gasteiger partial charge in [-0.25, -0.2) is 0 Å². The summed E-state index contributed by atoms with van der Waals surface area (Å²) in [6.07, 6.45) is 4.47. The molecule has 4 heteroatoms. The van der Waals surface area contributed by atoms with Crippen molar-refractivity contribution in [2.24, 2.45) is 0 Å². The number of nitrogens with zero attached hydrogens (tertiary/aromatic N) is 2. The van der Waals surface area contributed by atoms with E-state index in [9.17, 15) is 0 Å². The van der Waals surface area contributed by atoms with Crippen LogP contribution in [0.5, 0.6) is 0 Å². The van der Waals surface area contributed by atoms with Crippen LogP contribution in [0.25, 0.3) is 87.1 Å². The smallest absolute Gasteiger partial charge is 0.143 e. The molecule has 0 bridgehead atoms. The van der Waals surface area contributed by atoms with Gasteiger partial charge in [0.1, 0.15) is 11.2 Å². The Hall–Kier alpha value is -6.88. The zero-order chi connectivity index (χ0) is 36.7. The molecule has 12 rings (SSSR count). The number of fused-ring (bicyclic) bond motifs is 10. The lowest BCUT2D eigenvalue weighted by atomic mass is 9.96. The van der Waals surface area contributed by atoms with Crippen LogP contribution in [-0.2, 0) is 6.42 Å². The van der Waals surface area contributed by atoms with Gasteiger partial charge in [0.15, 0.2) is 0 Å². The second-order valence-electron chi connectivity index (χ2n) is 14.8. The first kappa shape index (κ1) is 31.5. The normalized spacial score (nSPS) is 13.0. The molecule has 1 aliphatic carbocycles. The molecular weight excluding hydrogens is 701 g/mol. The Kier molecular flexibility index (Phi) is 6.92. The number of aryl methyl sites for hydroxylation is 1. The van der Waals surface area contributed by atoms with Gasteiger partial charge in [0, 0.05) is 48.7 Å². The molecule has 0 unspecified atom stereocenters. The monoisotopic (exact) mass is 734 g/mol. The van der Waals surface area contributed by atoms with E-state index in [4.69, 9.17) is 4.42 Å². The third kappa shape index (κ3) is 4.69. The standard InChI is InChI=1S/C52H34N2OS/c1-2-14-34-32-49-44(31-33(34)13-1)42-20-11-19-41(51(42)55-49)39-17-5-9-24-47(39)54(48-25-12-21-43-40-18-6-10-26-50(40)56-52(43)48)36-29-27-35(28-30-36)53-45-22-7-3-15-37(45)38-16-4-8-23-46(38)53/h1-11,13-20,22-32H,12,21H2. The number of hydrogen-bond acceptors (Lipinski definition) is 3. The molecule has 0 N–H and O–H groups in total. The minimum atomic E-state index is 0.908. The Morgan fingerprint density at radius 2 is 1.18 bits per heavy atom. The van der Waals surface area contributed by atoms with Crippen LogP contribution < -0.4 is 4.90 Å². The lowest BCUT2D eigenvalue weighted by molar-refractivity contribution is 0.670. The SMILES string of the molecule is C1=C(N(c2ccc(-n3c4ccccc4c4ccccc43)cc2)c2ccccc2-c2cccc3c2oc2cc4ccccc4cc23)c2sc3ccccc3c2CC1. The summed E-state index contributed by atoms with van der Waals surface area (Å²) in [6, 6.07) is 63.9. The molecule has 0 saturated heterocycles. The lowest BCUT2D eigenvalue weighted by Gasteiger charge is -2.32. The van der Waals surface area contributed by atoms with E-state index >= 15 is 0 Å². The number of hydrogen-bond donors (Lipinski definition) is 0. The lowest BCUT2D eigenvalue weighted by Crippen LogP contribution is -2.18. The average Bonchev–Trinajstić information content (AvgIpc) is 3.93. The van der Waals surface area contributed by atoms with Crippen molar-refractivity contribution in [2.45, 2.75) is 12.8 Å². The van der Waals surface area contributed by atoms with Crippen molar-refractivity contribution < 1.29 is 4.42 Å². The number of benzene rings is 8. The summed E-state index contributed by atoms with van der Waals surface area (Å²) in [6.45, 7) is 0. The van der Waals surface area contributed by atoms with E-state index in [0.29, 0.717) is 0 Å². The highest BCUT2D eigenvalue weighted by molar-refractivity contribution is 7.20. The second-order valence-corrected chi connectivity index (χ2v) is 15.8. The van der Waals surface area contributed by atoms with Crippen molar-refractivity contribution in [2.75, 3.05) is 4.90 Å². The molecule has 0 saturated carbocycles. The van der Waals surface area contributed by atoms with E-state index in [1.165, 1.54) is 58.8 Å². The van der Waals surface area contributed by atoms with E-state index in [1.807, 2.05) is 11.3 Å². The van der Waals surface area contributed by atoms with Crippen molar-refractivity contribution in [1.29, 1.82) is 0 Å². The molecule has 0 aliphatic heterocycles. The maximum Gasteiger partial charge on any atom is 0.143 e. The Morgan fingerprint density at radius 1 is 0.536 bits per heavy atom. The van der Waals surface area contributed by atoms with Gasteiger partial charge in [-0.3, -0.25) is 0 Å². The van der Waals surface area contributed by atoms with Gasteiger partial charge in [-0.15, -0.1) is 11.3 Å². The molecule has 56 heavy (non-hydrogen) atoms. The molecule has 1 aliphatic rings. The van der Waals surface area contributed by atoms with E-state index in [-0.39, 0.29) is 0 Å². The number of thiophene rings is 1. The van der Waals surface area contributed by atoms with Gasteiger partial charge in [0.25, 0.3) is 0 Å². The van der Waals surface area contributed by atoms with Crippen LogP contribution in [0.15, 0.2) is 186 Å². The molecule has 0 atom stereocenters. The van der Waals surface area contributed by atoms with Gasteiger partial charge in [-0.1, -0.05) is 121 Å². The molecule has 8 aromatic carbocycles. The molecule has 0 spiro atoms. The predicted molar refractivity (Wildman–Crippen MR) is 238 cm³/mol. The number of anilines is 2. The van der Waals surface area contributed by atoms with Crippen molar-refractivity contribution in [3.63, 3.8) is 0 Å². The molecular formula is C52H34N2OS. The molecule has 3 heterocycles. The van der Waals surface area contributed by atoms with Crippen molar-refractivity contribution in [3.05, 3.63) is 192 Å². The zero-order valence-electron chi connectivity index (χ0n) is 30.4. The summed E-state index contributed by atoms with van der Waals surface area (Å²) in [5.41, 5.74) is 12.5. The predicted octanol–water partition coefficient (Wildman–Crippen LogP) is 14.8. The molecule has 0 fully saturated rings. The van der Waals surface area contributed by atoms with Gasteiger partial charge < -0.3 is 13.9 Å². The van der Waals surface area contributed by atoms with Crippen LogP contribution in [0, 0.1) is 0 Å². The maximum absolute atomic E-state index is 6.82. The van der Waals surface area contributed by atoms with E-state index in [0.717, 1.165) is 63.0 Å². The average molecular weight is 735 g/mol. The highest BCUT2D eigenvalue weighted by Crippen LogP contribution is 2.49. The van der Waals surface area contributed by atoms with Crippen LogP contribution in [-0.4, -0.2) is 4.57 Å². The first-order valence-electron chi connectivity index (χ1n) is 19.3. The van der Waals surface area contributed by atoms with Gasteiger partial charge in [-0.05, 0) is 95.2 Å². The van der Waals surface area contributed by atoms with E-state index in [2.05, 4.69) is 191 Å². The number of para-hydroxylation sites is 4. The molecule has 0 radical (unpaired) electrons. The third-order valence-corrected chi connectivity index (χ3v) is 12.9. The summed E-state index contributed by atoms with van der Waals surface area (Å²) in [4.78, 5) is 3.83. The fraction of sp³-hybridized carbons (Fsp3) is 0.0385. The largest absolute Gasteiger partial charge is 0.455 e. The summed E-state index contributed by atoms with van der Waals surface area (Å²) < 4.78 is 10.5. The fourth-order valence-corrected chi connectivity index (χ4v) is 10.4. The highest BCUT2D eigenvalue weighted by atomic mass is 32.1. The zero-order valence-corrected chi connectivity index (χ0v) is 31.3. The van der Waals surface area contributed by atoms with Gasteiger partial charge in [0.2, 0.25) is 0 Å². The second kappa shape index (κ2) is 12.3. The van der Waals surface area contributed by atoms with Crippen molar-refractivity contribution >= 4 is 93.0 Å². The number of rotatable bonds is 5. The molecule has 11 aromatic rings. The fourth-order valence-electron chi connectivity index (χ4n) is 9.14. The van der Waals surface area contributed by atoms with E-state index < -0.39 is 0 Å². The van der Waals surface area contributed by atoms with Crippen LogP contribution in [0.1, 0.15) is 16.9 Å². The molecule has 3 nitrogen and oxygen atoms in total. The third-order valence-electron chi connectivity index (χ3n) is 11.7. The maximum atomic E-state index is 6.82. The Labute approximate surface area is 327 Å². The number of aromatic nitrogens is 1. The summed E-state index contributed by atoms with van der Waals surface area (Å²) in [5.74, 6) is 0. The topological polar surface area (TPSA) is 21.3 Å². The van der Waals surface area contributed by atoms with Crippen LogP contribution in [0.3, 0.4) is 0 Å². The highest BCUT2D eigenvalue weighted by Gasteiger charge is 2.27. The molecule has 3 aromatic heterocycles. The van der Waals surface area contributed by atoms with Crippen molar-refractivity contribution in [3.8, 4) is 16.8 Å². The quantitative estimate of drug-likeness (QED) is 0.176. The van der Waals surface area contributed by atoms with Crippen molar-refractivity contribution in [1.82, 2.24) is 4.57 Å². The number of allylic oxidation sites excluding steroid dienone is 1. The minimum Gasteiger partial charge on any atom is -0.455 e. The van der Waals surface area contributed by atoms with Crippen LogP contribution in [0.2, 0.25) is 0 Å². The summed E-state index contributed by atoms with van der Waals surface area (Å²) in [7, 11) is 0. The molecule has 264 valence electrons. The summed E-state index contributed by atoms with van der Waals surface area (Å²) >= 11 is 1.91. The number of furan rings is 1. The Bertz CT molecular complexity index is 3320. The van der Waals surface area contributed by atoms with Crippen LogP contribution >= 0.6 is 11.3 Å². The van der Waals surface area contributed by atoms with Gasteiger partial charge >= 0.3 is 0 Å². The van der Waals surface area contributed by atoms with Crippen LogP contribution in [0.4, 0.5) is 11.4 Å². The molecule has 0 amide bonds. The van der Waals surface area contributed by atoms with E-state index in [1.54, 1.807) is 0 Å².